The van der Waals surface area contributed by atoms with Crippen molar-refractivity contribution in [3.05, 3.63) is 23.1 Å². The smallest absolute Gasteiger partial charge is 0.248 e. The molecule has 1 aromatic heterocycles. The lowest BCUT2D eigenvalue weighted by molar-refractivity contribution is 0.605. The molecule has 6 nitrogen and oxygen atoms in total. The Morgan fingerprint density at radius 2 is 2.46 bits per heavy atom. The third-order valence-electron chi connectivity index (χ3n) is 1.20. The first kappa shape index (κ1) is 9.44. The normalized spacial score (nSPS) is 12.5. The number of hydrogen-bond donors (Lipinski definition) is 2. The zero-order valence-corrected chi connectivity index (χ0v) is 7.25. The van der Waals surface area contributed by atoms with E-state index in [0.717, 1.165) is 6.08 Å². The second kappa shape index (κ2) is 3.38. The van der Waals surface area contributed by atoms with Crippen molar-refractivity contribution in [2.75, 3.05) is 0 Å². The first-order chi connectivity index (χ1) is 6.04. The van der Waals surface area contributed by atoms with Gasteiger partial charge in [-0.25, -0.2) is 18.5 Å². The lowest BCUT2D eigenvalue weighted by Crippen LogP contribution is -2.13. The number of imidazole rings is 1. The standard InChI is InChI=1S/C6H6N4O2S/c7-4-5(13(8,11)12)3-6-9-1-2-10-6/h1-3H,(H,9,10)(H2,8,11,12)/b5-3+. The largest absolute Gasteiger partial charge is 0.345 e. The van der Waals surface area contributed by atoms with Crippen LogP contribution in [0, 0.1) is 11.3 Å². The van der Waals surface area contributed by atoms with E-state index in [0.29, 0.717) is 0 Å². The lowest BCUT2D eigenvalue weighted by Gasteiger charge is -1.91. The van der Waals surface area contributed by atoms with Crippen molar-refractivity contribution in [3.8, 4) is 6.07 Å². The van der Waals surface area contributed by atoms with Gasteiger partial charge >= 0.3 is 0 Å². The number of nitrogens with one attached hydrogen (secondary N) is 1. The van der Waals surface area contributed by atoms with Gasteiger partial charge in [0.1, 0.15) is 11.9 Å². The molecular formula is C6H6N4O2S. The first-order valence-electron chi connectivity index (χ1n) is 3.18. The number of nitrogens with zero attached hydrogens (tertiary/aromatic N) is 2. The zero-order valence-electron chi connectivity index (χ0n) is 6.43. The topological polar surface area (TPSA) is 113 Å². The predicted octanol–water partition coefficient (Wildman–Crippen LogP) is -0.437. The average Bonchev–Trinajstić information content (AvgIpc) is 2.49. The van der Waals surface area contributed by atoms with Gasteiger partial charge in [0.05, 0.1) is 0 Å². The molecule has 0 bridgehead atoms. The molecule has 0 atom stereocenters. The Kier molecular flexibility index (Phi) is 2.46. The maximum absolute atomic E-state index is 10.7. The van der Waals surface area contributed by atoms with Gasteiger partial charge in [-0.3, -0.25) is 0 Å². The summed E-state index contributed by atoms with van der Waals surface area (Å²) in [6, 6.07) is 1.47. The van der Waals surface area contributed by atoms with E-state index in [2.05, 4.69) is 9.97 Å². The van der Waals surface area contributed by atoms with E-state index >= 15 is 0 Å². The number of nitriles is 1. The fraction of sp³-hybridized carbons (Fsp3) is 0. The van der Waals surface area contributed by atoms with Crippen LogP contribution in [0.3, 0.4) is 0 Å². The van der Waals surface area contributed by atoms with Gasteiger partial charge in [-0.1, -0.05) is 0 Å². The highest BCUT2D eigenvalue weighted by Gasteiger charge is 2.11. The molecule has 1 aromatic rings. The molecule has 13 heavy (non-hydrogen) atoms. The quantitative estimate of drug-likeness (QED) is 0.627. The van der Waals surface area contributed by atoms with Gasteiger partial charge in [0.25, 0.3) is 0 Å². The third-order valence-corrected chi connectivity index (χ3v) is 2.03. The lowest BCUT2D eigenvalue weighted by atomic mass is 10.5. The van der Waals surface area contributed by atoms with Crippen molar-refractivity contribution in [2.24, 2.45) is 5.14 Å². The first-order valence-corrected chi connectivity index (χ1v) is 4.72. The van der Waals surface area contributed by atoms with Crippen molar-refractivity contribution < 1.29 is 8.42 Å². The molecule has 0 saturated heterocycles. The maximum atomic E-state index is 10.7. The molecular weight excluding hydrogens is 192 g/mol. The van der Waals surface area contributed by atoms with E-state index in [4.69, 9.17) is 10.4 Å². The Balaban J connectivity index is 3.14. The summed E-state index contributed by atoms with van der Waals surface area (Å²) in [5.41, 5.74) is 0. The fourth-order valence-corrected chi connectivity index (χ4v) is 1.06. The number of H-pyrrole nitrogens is 1. The second-order valence-electron chi connectivity index (χ2n) is 2.14. The maximum Gasteiger partial charge on any atom is 0.248 e. The van der Waals surface area contributed by atoms with Gasteiger partial charge < -0.3 is 4.98 Å². The Hall–Kier alpha value is -1.65. The Morgan fingerprint density at radius 1 is 1.77 bits per heavy atom. The molecule has 68 valence electrons. The highest BCUT2D eigenvalue weighted by Crippen LogP contribution is 2.04. The molecule has 0 aliphatic heterocycles. The van der Waals surface area contributed by atoms with Crippen molar-refractivity contribution in [1.29, 1.82) is 5.26 Å². The number of rotatable bonds is 2. The van der Waals surface area contributed by atoms with E-state index in [1.165, 1.54) is 18.5 Å². The number of nitrogens with two attached hydrogens (primary N) is 1. The summed E-state index contributed by atoms with van der Waals surface area (Å²) in [5.74, 6) is 0.269. The van der Waals surface area contributed by atoms with Gasteiger partial charge in [-0.2, -0.15) is 5.26 Å². The number of sulfonamides is 1. The van der Waals surface area contributed by atoms with Crippen molar-refractivity contribution >= 4 is 16.1 Å². The minimum Gasteiger partial charge on any atom is -0.345 e. The predicted molar refractivity (Wildman–Crippen MR) is 45.3 cm³/mol. The summed E-state index contributed by atoms with van der Waals surface area (Å²) in [6.07, 6.45) is 4.00. The number of primary sulfonamides is 1. The fourth-order valence-electron chi connectivity index (χ4n) is 0.659. The van der Waals surface area contributed by atoms with Crippen molar-refractivity contribution in [2.45, 2.75) is 0 Å². The van der Waals surface area contributed by atoms with Crippen LogP contribution < -0.4 is 5.14 Å². The highest BCUT2D eigenvalue weighted by molar-refractivity contribution is 7.93. The second-order valence-corrected chi connectivity index (χ2v) is 3.67. The monoisotopic (exact) mass is 198 g/mol. The number of aromatic amines is 1. The van der Waals surface area contributed by atoms with E-state index < -0.39 is 14.9 Å². The summed E-state index contributed by atoms with van der Waals surface area (Å²) in [4.78, 5) is 5.80. The van der Waals surface area contributed by atoms with Crippen LogP contribution in [0.5, 0.6) is 0 Å². The molecule has 0 unspecified atom stereocenters. The van der Waals surface area contributed by atoms with E-state index in [9.17, 15) is 8.42 Å². The Bertz CT molecular complexity index is 451. The van der Waals surface area contributed by atoms with Gasteiger partial charge in [0.2, 0.25) is 10.0 Å². The SMILES string of the molecule is N#C/C(=C\c1ncc[nH]1)S(N)(=O)=O. The van der Waals surface area contributed by atoms with Crippen molar-refractivity contribution in [3.63, 3.8) is 0 Å². The van der Waals surface area contributed by atoms with Crippen LogP contribution in [0.25, 0.3) is 6.08 Å². The van der Waals surface area contributed by atoms with E-state index in [-0.39, 0.29) is 5.82 Å². The molecule has 0 aliphatic rings. The molecule has 0 amide bonds. The minimum atomic E-state index is -3.95. The number of allylic oxidation sites excluding steroid dienone is 1. The molecule has 1 heterocycles. The summed E-state index contributed by atoms with van der Waals surface area (Å²) in [7, 11) is -3.95. The van der Waals surface area contributed by atoms with Crippen LogP contribution in [0.1, 0.15) is 5.82 Å². The molecule has 0 spiro atoms. The summed E-state index contributed by atoms with van der Waals surface area (Å²) >= 11 is 0. The van der Waals surface area contributed by atoms with Crippen LogP contribution in [0.2, 0.25) is 0 Å². The molecule has 0 aliphatic carbocycles. The highest BCUT2D eigenvalue weighted by atomic mass is 32.2. The van der Waals surface area contributed by atoms with E-state index in [1.54, 1.807) is 0 Å². The number of aromatic nitrogens is 2. The Labute approximate surface area is 74.8 Å². The van der Waals surface area contributed by atoms with Gasteiger partial charge in [-0.15, -0.1) is 0 Å². The third kappa shape index (κ3) is 2.40. The van der Waals surface area contributed by atoms with Crippen LogP contribution >= 0.6 is 0 Å². The summed E-state index contributed by atoms with van der Waals surface area (Å²) < 4.78 is 21.5. The van der Waals surface area contributed by atoms with Gasteiger partial charge in [0.15, 0.2) is 4.91 Å². The van der Waals surface area contributed by atoms with Crippen LogP contribution in [-0.4, -0.2) is 18.4 Å². The minimum absolute atomic E-state index is 0.269. The zero-order chi connectivity index (χ0) is 9.90. The van der Waals surface area contributed by atoms with E-state index in [1.807, 2.05) is 0 Å². The van der Waals surface area contributed by atoms with Crippen LogP contribution in [0.4, 0.5) is 0 Å². The van der Waals surface area contributed by atoms with Gasteiger partial charge in [-0.05, 0) is 0 Å². The molecule has 7 heteroatoms. The molecule has 0 fully saturated rings. The van der Waals surface area contributed by atoms with Crippen LogP contribution in [0.15, 0.2) is 17.3 Å². The number of hydrogen-bond acceptors (Lipinski definition) is 4. The molecule has 0 saturated carbocycles. The van der Waals surface area contributed by atoms with Gasteiger partial charge in [0, 0.05) is 18.5 Å². The molecule has 3 N–H and O–H groups in total. The van der Waals surface area contributed by atoms with Crippen LogP contribution in [-0.2, 0) is 10.0 Å². The average molecular weight is 198 g/mol. The summed E-state index contributed by atoms with van der Waals surface area (Å²) in [5, 5.41) is 13.2. The molecule has 1 rings (SSSR count). The molecule has 0 aromatic carbocycles. The molecule has 0 radical (unpaired) electrons. The van der Waals surface area contributed by atoms with Crippen molar-refractivity contribution in [1.82, 2.24) is 9.97 Å². The Morgan fingerprint density at radius 3 is 2.85 bits per heavy atom. The summed E-state index contributed by atoms with van der Waals surface area (Å²) in [6.45, 7) is 0.